The van der Waals surface area contributed by atoms with E-state index >= 15 is 0 Å². The molecule has 0 radical (unpaired) electrons. The molecule has 1 aromatic heterocycles. The highest BCUT2D eigenvalue weighted by Crippen LogP contribution is 2.41. The van der Waals surface area contributed by atoms with E-state index in [1.165, 1.54) is 0 Å². The molecule has 3 aromatic rings. The second-order valence-corrected chi connectivity index (χ2v) is 16.9. The van der Waals surface area contributed by atoms with Crippen LogP contribution in [0.25, 0.3) is 10.9 Å². The predicted molar refractivity (Wildman–Crippen MR) is 232 cm³/mol. The number of carbonyl (C=O) groups is 6. The summed E-state index contributed by atoms with van der Waals surface area (Å²) in [5, 5.41) is 15.0. The number of hydrogen-bond acceptors (Lipinski definition) is 7. The third-order valence-electron chi connectivity index (χ3n) is 11.3. The molecule has 1 aliphatic carbocycles. The zero-order valence-corrected chi connectivity index (χ0v) is 35.4. The summed E-state index contributed by atoms with van der Waals surface area (Å²) in [7, 11) is 0. The van der Waals surface area contributed by atoms with E-state index in [2.05, 4.69) is 57.3 Å². The predicted octanol–water partition coefficient (Wildman–Crippen LogP) is 2.34. The van der Waals surface area contributed by atoms with Crippen molar-refractivity contribution in [2.75, 3.05) is 13.1 Å². The lowest BCUT2D eigenvalue weighted by Gasteiger charge is -2.44. The Labute approximate surface area is 352 Å². The van der Waals surface area contributed by atoms with E-state index < -0.39 is 59.7 Å². The van der Waals surface area contributed by atoms with Crippen LogP contribution in [0.15, 0.2) is 65.8 Å². The third-order valence-corrected chi connectivity index (χ3v) is 11.3. The zero-order valence-electron chi connectivity index (χ0n) is 35.4. The van der Waals surface area contributed by atoms with E-state index in [0.29, 0.717) is 38.0 Å². The summed E-state index contributed by atoms with van der Waals surface area (Å²) in [4.78, 5) is 88.8. The number of unbranched alkanes of at least 4 members (excludes halogenated alkanes) is 1. The molecule has 2 aromatic carbocycles. The number of amides is 6. The van der Waals surface area contributed by atoms with Gasteiger partial charge in [-0.05, 0) is 73.5 Å². The fraction of sp³-hybridized carbons (Fsp3) is 0.523. The van der Waals surface area contributed by atoms with Crippen LogP contribution in [0, 0.1) is 11.3 Å². The molecule has 0 saturated heterocycles. The number of aromatic amines is 1. The van der Waals surface area contributed by atoms with Crippen LogP contribution in [0.3, 0.4) is 0 Å². The lowest BCUT2D eigenvalue weighted by Crippen LogP contribution is -2.64. The second kappa shape index (κ2) is 21.9. The van der Waals surface area contributed by atoms with Crippen LogP contribution in [0.5, 0.6) is 0 Å². The molecule has 6 amide bonds. The number of fused-ring (bicyclic) bond motifs is 1. The summed E-state index contributed by atoms with van der Waals surface area (Å²) in [5.41, 5.74) is 17.5. The first-order valence-corrected chi connectivity index (χ1v) is 20.9. The van der Waals surface area contributed by atoms with Gasteiger partial charge in [0.25, 0.3) is 0 Å². The topological polar surface area (TPSA) is 269 Å². The van der Waals surface area contributed by atoms with Crippen LogP contribution < -0.4 is 43.8 Å². The largest absolute Gasteiger partial charge is 0.370 e. The fourth-order valence-corrected chi connectivity index (χ4v) is 7.75. The van der Waals surface area contributed by atoms with Gasteiger partial charge in [-0.25, -0.2) is 0 Å². The van der Waals surface area contributed by atoms with Gasteiger partial charge in [-0.15, -0.1) is 0 Å². The molecule has 0 spiro atoms. The van der Waals surface area contributed by atoms with Crippen LogP contribution >= 0.6 is 0 Å². The highest BCUT2D eigenvalue weighted by Gasteiger charge is 2.46. The number of primary amides is 1. The molecule has 0 unspecified atom stereocenters. The molecule has 3 atom stereocenters. The van der Waals surface area contributed by atoms with E-state index in [9.17, 15) is 28.8 Å². The molecule has 326 valence electrons. The number of guanidine groups is 1. The quantitative estimate of drug-likeness (QED) is 0.0436. The van der Waals surface area contributed by atoms with E-state index in [0.717, 1.165) is 28.5 Å². The van der Waals surface area contributed by atoms with Crippen molar-refractivity contribution in [2.45, 2.75) is 122 Å². The summed E-state index contributed by atoms with van der Waals surface area (Å²) in [5.74, 6) is -3.22. The summed E-state index contributed by atoms with van der Waals surface area (Å²) in [6.07, 6.45) is 6.23. The molecule has 12 N–H and O–H groups in total. The first kappa shape index (κ1) is 46.8. The van der Waals surface area contributed by atoms with E-state index in [4.69, 9.17) is 17.2 Å². The zero-order chi connectivity index (χ0) is 43.9. The molecule has 1 heterocycles. The molecule has 4 rings (SSSR count). The molecule has 1 saturated carbocycles. The summed E-state index contributed by atoms with van der Waals surface area (Å²) in [6, 6.07) is 13.1. The van der Waals surface area contributed by atoms with Crippen LogP contribution in [-0.4, -0.2) is 83.1 Å². The number of carbonyl (C=O) groups excluding carboxylic acids is 6. The van der Waals surface area contributed by atoms with E-state index in [1.807, 2.05) is 61.5 Å². The Morgan fingerprint density at radius 2 is 1.45 bits per heavy atom. The van der Waals surface area contributed by atoms with Gasteiger partial charge in [-0.3, -0.25) is 33.8 Å². The highest BCUT2D eigenvalue weighted by atomic mass is 16.2. The van der Waals surface area contributed by atoms with E-state index in [1.54, 1.807) is 6.20 Å². The van der Waals surface area contributed by atoms with Crippen molar-refractivity contribution in [1.82, 2.24) is 31.6 Å². The maximum atomic E-state index is 14.6. The third kappa shape index (κ3) is 13.8. The van der Waals surface area contributed by atoms with Gasteiger partial charge in [0.05, 0.1) is 6.54 Å². The Morgan fingerprint density at radius 1 is 0.817 bits per heavy atom. The minimum absolute atomic E-state index is 0.0122. The number of nitrogens with one attached hydrogen (secondary N) is 6. The summed E-state index contributed by atoms with van der Waals surface area (Å²) in [6.45, 7) is 8.22. The number of aliphatic imine (C=N–C) groups is 1. The van der Waals surface area contributed by atoms with Crippen LogP contribution in [0.1, 0.15) is 96.6 Å². The standard InChI is InChI=1S/C44H64N10O6/c1-5-6-18-37(56)54-44(21-19-30(20-22-44)43(2,3)4)41(60)53-34(24-28-13-8-7-9-14-28)40(59)51-33(17-12-23-48-42(46)47)39(58)52-35(38(57)50-27-36(45)55)25-29-26-49-32-16-11-10-15-31(29)32/h7-11,13-16,26,30,33-35,49H,5-6,12,17-25,27H2,1-4H3,(H2,45,55)(H,50,57)(H,51,59)(H,52,58)(H,53,60)(H,54,56)(H4,46,47,48)/t30?,33-,34+,35-,44?/m0/s1. The van der Waals surface area contributed by atoms with Crippen molar-refractivity contribution in [2.24, 2.45) is 33.5 Å². The molecule has 0 aliphatic heterocycles. The molecule has 16 heteroatoms. The van der Waals surface area contributed by atoms with Crippen molar-refractivity contribution in [1.29, 1.82) is 0 Å². The minimum atomic E-state index is -1.23. The Kier molecular flexibility index (Phi) is 17.1. The Bertz CT molecular complexity index is 1960. The van der Waals surface area contributed by atoms with Crippen molar-refractivity contribution in [3.05, 3.63) is 71.9 Å². The summed E-state index contributed by atoms with van der Waals surface area (Å²) >= 11 is 0. The molecule has 1 aliphatic rings. The van der Waals surface area contributed by atoms with Crippen LogP contribution in [0.4, 0.5) is 0 Å². The van der Waals surface area contributed by atoms with Gasteiger partial charge >= 0.3 is 0 Å². The maximum absolute atomic E-state index is 14.6. The number of hydrogen-bond donors (Lipinski definition) is 9. The number of rotatable bonds is 21. The van der Waals surface area contributed by atoms with Gasteiger partial charge in [0, 0.05) is 42.9 Å². The molecule has 16 nitrogen and oxygen atoms in total. The fourth-order valence-electron chi connectivity index (χ4n) is 7.75. The first-order chi connectivity index (χ1) is 28.5. The van der Waals surface area contributed by atoms with Gasteiger partial charge in [0.1, 0.15) is 23.7 Å². The van der Waals surface area contributed by atoms with Crippen molar-refractivity contribution in [3.63, 3.8) is 0 Å². The average Bonchev–Trinajstić information content (AvgIpc) is 3.62. The Hall–Kier alpha value is -5.93. The van der Waals surface area contributed by atoms with Crippen LogP contribution in [0.2, 0.25) is 0 Å². The van der Waals surface area contributed by atoms with Crippen molar-refractivity contribution >= 4 is 52.3 Å². The molecular formula is C44H64N10O6. The SMILES string of the molecule is CCCCC(=O)NC1(C(=O)N[C@H](Cc2ccccc2)C(=O)N[C@@H](CCCN=C(N)N)C(=O)N[C@@H](Cc2c[nH]c3ccccc23)C(=O)NCC(N)=O)CCC(C(C)(C)C)CC1. The smallest absolute Gasteiger partial charge is 0.246 e. The average molecular weight is 829 g/mol. The van der Waals surface area contributed by atoms with Gasteiger partial charge in [0.2, 0.25) is 35.4 Å². The molecular weight excluding hydrogens is 765 g/mol. The number of nitrogens with two attached hydrogens (primary N) is 3. The van der Waals surface area contributed by atoms with Crippen molar-refractivity contribution in [3.8, 4) is 0 Å². The lowest BCUT2D eigenvalue weighted by atomic mass is 9.67. The highest BCUT2D eigenvalue weighted by molar-refractivity contribution is 5.97. The van der Waals surface area contributed by atoms with Gasteiger partial charge in [-0.2, -0.15) is 0 Å². The number of nitrogens with zero attached hydrogens (tertiary/aromatic N) is 1. The molecule has 1 fully saturated rings. The van der Waals surface area contributed by atoms with Gasteiger partial charge < -0.3 is 48.8 Å². The molecule has 60 heavy (non-hydrogen) atoms. The van der Waals surface area contributed by atoms with Gasteiger partial charge in [-0.1, -0.05) is 82.6 Å². The normalized spacial score (nSPS) is 18.0. The molecule has 0 bridgehead atoms. The maximum Gasteiger partial charge on any atom is 0.246 e. The summed E-state index contributed by atoms with van der Waals surface area (Å²) < 4.78 is 0. The monoisotopic (exact) mass is 829 g/mol. The number of H-pyrrole nitrogens is 1. The van der Waals surface area contributed by atoms with Crippen LogP contribution in [-0.2, 0) is 41.6 Å². The van der Waals surface area contributed by atoms with Gasteiger partial charge in [0.15, 0.2) is 5.96 Å². The first-order valence-electron chi connectivity index (χ1n) is 20.9. The van der Waals surface area contributed by atoms with E-state index in [-0.39, 0.29) is 55.9 Å². The lowest BCUT2D eigenvalue weighted by molar-refractivity contribution is -0.139. The Morgan fingerprint density at radius 3 is 2.10 bits per heavy atom. The Balaban J connectivity index is 1.63. The number of benzene rings is 2. The van der Waals surface area contributed by atoms with Crippen molar-refractivity contribution < 1.29 is 28.8 Å². The number of para-hydroxylation sites is 1. The minimum Gasteiger partial charge on any atom is -0.370 e. The second-order valence-electron chi connectivity index (χ2n) is 16.9. The number of aromatic nitrogens is 1.